The van der Waals surface area contributed by atoms with E-state index in [4.69, 9.17) is 37.0 Å². The predicted octanol–water partition coefficient (Wildman–Crippen LogP) is 24.8. The Morgan fingerprint density at radius 2 is 0.500 bits per heavy atom. The lowest BCUT2D eigenvalue weighted by Gasteiger charge is -2.21. The maximum atomic E-state index is 13.1. The van der Waals surface area contributed by atoms with Crippen molar-refractivity contribution in [2.45, 2.75) is 341 Å². The fourth-order valence-electron chi connectivity index (χ4n) is 10.7. The van der Waals surface area contributed by atoms with Crippen LogP contribution in [0.1, 0.15) is 323 Å². The summed E-state index contributed by atoms with van der Waals surface area (Å²) >= 11 is 0. The maximum Gasteiger partial charge on any atom is 0.472 e. The second-order valence-corrected chi connectivity index (χ2v) is 30.2. The smallest absolute Gasteiger partial charge is 0.462 e. The van der Waals surface area contributed by atoms with Gasteiger partial charge in [0.05, 0.1) is 26.4 Å². The van der Waals surface area contributed by atoms with E-state index in [1.54, 1.807) is 0 Å². The van der Waals surface area contributed by atoms with Crippen LogP contribution in [0.2, 0.25) is 0 Å². The Morgan fingerprint density at radius 3 is 0.815 bits per heavy atom. The largest absolute Gasteiger partial charge is 0.472 e. The van der Waals surface area contributed by atoms with E-state index in [0.29, 0.717) is 32.1 Å². The monoisotopic (exact) mass is 1550 g/mol. The molecule has 5 atom stereocenters. The van der Waals surface area contributed by atoms with Gasteiger partial charge in [0.15, 0.2) is 12.2 Å². The van der Waals surface area contributed by atoms with Gasteiger partial charge < -0.3 is 33.8 Å². The number of hydrogen-bond donors (Lipinski definition) is 3. The topological polar surface area (TPSA) is 237 Å². The van der Waals surface area contributed by atoms with Crippen molar-refractivity contribution in [3.63, 3.8) is 0 Å². The molecule has 108 heavy (non-hydrogen) atoms. The molecule has 0 aliphatic rings. The molecule has 0 spiro atoms. The van der Waals surface area contributed by atoms with Crippen LogP contribution in [0, 0.1) is 0 Å². The van der Waals surface area contributed by atoms with Crippen LogP contribution in [-0.4, -0.2) is 96.7 Å². The van der Waals surface area contributed by atoms with Crippen LogP contribution < -0.4 is 0 Å². The number of allylic oxidation sites excluding steroid dienone is 26. The number of esters is 4. The zero-order valence-electron chi connectivity index (χ0n) is 67.5. The van der Waals surface area contributed by atoms with Gasteiger partial charge in [0.25, 0.3) is 0 Å². The maximum absolute atomic E-state index is 13.1. The van der Waals surface area contributed by atoms with E-state index < -0.39 is 97.5 Å². The van der Waals surface area contributed by atoms with Crippen molar-refractivity contribution < 1.29 is 80.2 Å². The first kappa shape index (κ1) is 103. The lowest BCUT2D eigenvalue weighted by atomic mass is 10.0. The van der Waals surface area contributed by atoms with E-state index >= 15 is 0 Å². The highest BCUT2D eigenvalue weighted by Gasteiger charge is 2.30. The minimum atomic E-state index is -5.00. The number of phosphoric acid groups is 2. The van der Waals surface area contributed by atoms with Crippen LogP contribution in [0.3, 0.4) is 0 Å². The standard InChI is InChI=1S/C89H148O17P2/c1-5-9-13-17-21-25-29-33-36-39-41-44-46-50-53-57-61-65-69-73-86(91)99-79-84(105-88(93)75-71-67-63-59-55-49-32-28-24-20-16-12-8-4)81-103-107(95,96)101-77-83(90)78-102-108(97,98)104-82-85(106-89(94)76-72-68-64-60-56-52-48-43-38-35-31-27-23-19-15-11-7-3)80-100-87(92)74-70-66-62-58-54-51-47-45-42-40-37-34-30-26-22-18-14-10-6-2/h9,11,13,15,21-23,25-27,33-38,41-42,44-45,48,50,52-53,61,65,83-85,90H,5-8,10,12,14,16-20,24,28-32,39-40,43,46-47,49,51,54-60,62-64,66-82H2,1-4H3,(H,95,96)(H,97,98)/b13-9-,15-11-,25-21-,26-22-,27-23-,36-33-,37-34-,38-35-,44-41-,45-42-,52-48-,53-50-,65-61-. The molecule has 5 unspecified atom stereocenters. The molecule has 0 heterocycles. The Balaban J connectivity index is 5.45. The molecular weight excluding hydrogens is 1400 g/mol. The molecule has 0 aromatic heterocycles. The van der Waals surface area contributed by atoms with Gasteiger partial charge in [-0.3, -0.25) is 37.3 Å². The molecule has 0 aromatic rings. The molecule has 0 saturated carbocycles. The molecule has 17 nitrogen and oxygen atoms in total. The Morgan fingerprint density at radius 1 is 0.269 bits per heavy atom. The normalized spacial score (nSPS) is 14.6. The van der Waals surface area contributed by atoms with Crippen LogP contribution in [0.5, 0.6) is 0 Å². The van der Waals surface area contributed by atoms with Crippen LogP contribution in [0.25, 0.3) is 0 Å². The second kappa shape index (κ2) is 79.8. The Bertz CT molecular complexity index is 2660. The van der Waals surface area contributed by atoms with Crippen LogP contribution in [0.4, 0.5) is 0 Å². The number of rotatable bonds is 77. The first-order valence-corrected chi connectivity index (χ1v) is 44.7. The highest BCUT2D eigenvalue weighted by molar-refractivity contribution is 7.47. The van der Waals surface area contributed by atoms with Gasteiger partial charge in [0.1, 0.15) is 19.3 Å². The Hall–Kier alpha value is -5.32. The molecule has 0 fully saturated rings. The van der Waals surface area contributed by atoms with E-state index in [-0.39, 0.29) is 25.7 Å². The van der Waals surface area contributed by atoms with E-state index in [2.05, 4.69) is 167 Å². The number of ether oxygens (including phenoxy) is 4. The summed E-state index contributed by atoms with van der Waals surface area (Å²) in [5.41, 5.74) is 0. The number of hydrogen-bond acceptors (Lipinski definition) is 15. The minimum Gasteiger partial charge on any atom is -0.462 e. The van der Waals surface area contributed by atoms with Crippen molar-refractivity contribution in [1.82, 2.24) is 0 Å². The van der Waals surface area contributed by atoms with Crippen molar-refractivity contribution in [2.24, 2.45) is 0 Å². The summed E-state index contributed by atoms with van der Waals surface area (Å²) in [5, 5.41) is 10.7. The molecule has 0 radical (unpaired) electrons. The summed E-state index contributed by atoms with van der Waals surface area (Å²) in [5.74, 6) is -2.31. The average molecular weight is 1550 g/mol. The van der Waals surface area contributed by atoms with Gasteiger partial charge in [-0.25, -0.2) is 9.13 Å². The van der Waals surface area contributed by atoms with Crippen LogP contribution in [0.15, 0.2) is 158 Å². The zero-order valence-corrected chi connectivity index (χ0v) is 69.3. The molecule has 0 saturated heterocycles. The van der Waals surface area contributed by atoms with Crippen molar-refractivity contribution >= 4 is 39.5 Å². The summed E-state index contributed by atoms with van der Waals surface area (Å²) < 4.78 is 68.6. The third-order valence-corrected chi connectivity index (χ3v) is 18.9. The molecular formula is C89H148O17P2. The minimum absolute atomic E-state index is 0.0333. The van der Waals surface area contributed by atoms with Crippen molar-refractivity contribution in [3.8, 4) is 0 Å². The van der Waals surface area contributed by atoms with Crippen molar-refractivity contribution in [1.29, 1.82) is 0 Å². The molecule has 0 bridgehead atoms. The van der Waals surface area contributed by atoms with E-state index in [1.807, 2.05) is 18.2 Å². The number of carbonyl (C=O) groups excluding carboxylic acids is 4. The molecule has 3 N–H and O–H groups in total. The number of aliphatic hydroxyl groups excluding tert-OH is 1. The molecule has 19 heteroatoms. The van der Waals surface area contributed by atoms with E-state index in [9.17, 15) is 43.2 Å². The number of phosphoric ester groups is 2. The van der Waals surface area contributed by atoms with Crippen LogP contribution in [-0.2, 0) is 65.4 Å². The van der Waals surface area contributed by atoms with Crippen molar-refractivity contribution in [2.75, 3.05) is 39.6 Å². The summed E-state index contributed by atoms with van der Waals surface area (Å²) in [6.45, 7) is 4.51. The van der Waals surface area contributed by atoms with Gasteiger partial charge in [-0.2, -0.15) is 0 Å². The molecule has 0 aromatic carbocycles. The van der Waals surface area contributed by atoms with Gasteiger partial charge in [-0.05, 0) is 141 Å². The fourth-order valence-corrected chi connectivity index (χ4v) is 12.3. The number of carbonyl (C=O) groups is 4. The lowest BCUT2D eigenvalue weighted by Crippen LogP contribution is -2.30. The Labute approximate surface area is 655 Å². The highest BCUT2D eigenvalue weighted by atomic mass is 31.2. The molecule has 0 aliphatic carbocycles. The zero-order chi connectivity index (χ0) is 78.9. The van der Waals surface area contributed by atoms with Gasteiger partial charge in [0, 0.05) is 25.7 Å². The van der Waals surface area contributed by atoms with E-state index in [0.717, 1.165) is 167 Å². The number of unbranched alkanes of at least 4 members (excludes halogenated alkanes) is 25. The first-order valence-electron chi connectivity index (χ1n) is 41.7. The molecule has 0 amide bonds. The second-order valence-electron chi connectivity index (χ2n) is 27.3. The lowest BCUT2D eigenvalue weighted by molar-refractivity contribution is -0.161. The molecule has 0 aliphatic heterocycles. The average Bonchev–Trinajstić information content (AvgIpc) is 0.916. The fraction of sp³-hybridized carbons (Fsp3) is 0.663. The van der Waals surface area contributed by atoms with Crippen LogP contribution >= 0.6 is 15.6 Å². The first-order chi connectivity index (χ1) is 52.7. The quantitative estimate of drug-likeness (QED) is 0.0169. The van der Waals surface area contributed by atoms with E-state index in [1.165, 1.54) is 70.6 Å². The SMILES string of the molecule is CC/C=C\C/C=C\C/C=C\C/C=C\C/C=C\C/C=C\CCC(=O)OCC(COP(=O)(O)OCC(O)COP(=O)(O)OCC(COC(=O)CCCCCCCC/C=C\C/C=C\C/C=C\CCCCC)OC(=O)CCCCCC/C=C\C/C=C\C/C=C\C/C=C\CC)OC(=O)CCCCCCCCCCCCCCC. The third kappa shape index (κ3) is 78.8. The summed E-state index contributed by atoms with van der Waals surface area (Å²) in [7, 11) is -10.0. The third-order valence-electron chi connectivity index (χ3n) is 17.0. The van der Waals surface area contributed by atoms with Gasteiger partial charge >= 0.3 is 39.5 Å². The molecule has 616 valence electrons. The Kier molecular flexibility index (Phi) is 75.8. The summed E-state index contributed by atoms with van der Waals surface area (Å²) in [6.07, 6.45) is 93.7. The predicted molar refractivity (Wildman–Crippen MR) is 445 cm³/mol. The summed E-state index contributed by atoms with van der Waals surface area (Å²) in [6, 6.07) is 0. The molecule has 0 rings (SSSR count). The van der Waals surface area contributed by atoms with Gasteiger partial charge in [-0.1, -0.05) is 314 Å². The van der Waals surface area contributed by atoms with Crippen molar-refractivity contribution in [3.05, 3.63) is 158 Å². The van der Waals surface area contributed by atoms with Gasteiger partial charge in [-0.15, -0.1) is 0 Å². The number of aliphatic hydroxyl groups is 1. The van der Waals surface area contributed by atoms with Gasteiger partial charge in [0.2, 0.25) is 0 Å². The summed E-state index contributed by atoms with van der Waals surface area (Å²) in [4.78, 5) is 73.1. The highest BCUT2D eigenvalue weighted by Crippen LogP contribution is 2.45.